The zero-order chi connectivity index (χ0) is 14.1. The highest BCUT2D eigenvalue weighted by Gasteiger charge is 2.52. The summed E-state index contributed by atoms with van der Waals surface area (Å²) < 4.78 is 11.0. The Kier molecular flexibility index (Phi) is 2.41. The molecule has 5 heteroatoms. The van der Waals surface area contributed by atoms with Gasteiger partial charge >= 0.3 is 0 Å². The summed E-state index contributed by atoms with van der Waals surface area (Å²) in [6, 6.07) is 4.43. The van der Waals surface area contributed by atoms with Crippen molar-refractivity contribution in [1.82, 2.24) is 4.90 Å². The maximum atomic E-state index is 10.6. The van der Waals surface area contributed by atoms with E-state index in [9.17, 15) is 10.2 Å². The molecule has 2 N–H and O–H groups in total. The monoisotopic (exact) mass is 289 g/mol. The number of ether oxygens (including phenoxy) is 2. The Morgan fingerprint density at radius 3 is 2.81 bits per heavy atom. The van der Waals surface area contributed by atoms with Crippen molar-refractivity contribution < 1.29 is 19.7 Å². The standard InChI is InChI=1S/C16H19NO4/c18-11-3-8-1-2-17-6-9-4-12-13(21-7-20-12)5-10(9)14(15(8)17)16(11)19/h4-5,8,11,14-16,18-19H,1-3,6-7H2/t8-,11+,14+,15-,16+/m0/s1. The van der Waals surface area contributed by atoms with Crippen LogP contribution in [0.4, 0.5) is 0 Å². The molecule has 5 nitrogen and oxygen atoms in total. The van der Waals surface area contributed by atoms with Crippen LogP contribution in [0.5, 0.6) is 11.5 Å². The van der Waals surface area contributed by atoms with Crippen LogP contribution in [-0.4, -0.2) is 46.7 Å². The van der Waals surface area contributed by atoms with Gasteiger partial charge in [-0.05, 0) is 48.6 Å². The lowest BCUT2D eigenvalue weighted by molar-refractivity contribution is -0.0657. The molecule has 5 rings (SSSR count). The van der Waals surface area contributed by atoms with E-state index in [1.807, 2.05) is 6.07 Å². The van der Waals surface area contributed by atoms with E-state index in [-0.39, 0.29) is 12.7 Å². The number of hydrogen-bond donors (Lipinski definition) is 2. The molecule has 112 valence electrons. The minimum Gasteiger partial charge on any atom is -0.454 e. The van der Waals surface area contributed by atoms with Crippen LogP contribution in [0.3, 0.4) is 0 Å². The molecule has 1 saturated heterocycles. The molecule has 1 aliphatic carbocycles. The molecule has 1 aromatic carbocycles. The summed E-state index contributed by atoms with van der Waals surface area (Å²) in [6.45, 7) is 2.23. The Hall–Kier alpha value is -1.30. The van der Waals surface area contributed by atoms with Crippen molar-refractivity contribution in [2.75, 3.05) is 13.3 Å². The van der Waals surface area contributed by atoms with Gasteiger partial charge in [0, 0.05) is 18.5 Å². The smallest absolute Gasteiger partial charge is 0.231 e. The quantitative estimate of drug-likeness (QED) is 0.741. The number of hydrogen-bond acceptors (Lipinski definition) is 5. The molecule has 0 radical (unpaired) electrons. The van der Waals surface area contributed by atoms with Gasteiger partial charge in [0.2, 0.25) is 6.79 Å². The summed E-state index contributed by atoms with van der Waals surface area (Å²) in [5.74, 6) is 2.05. The summed E-state index contributed by atoms with van der Waals surface area (Å²) >= 11 is 0. The van der Waals surface area contributed by atoms with Crippen molar-refractivity contribution in [3.63, 3.8) is 0 Å². The fraction of sp³-hybridized carbons (Fsp3) is 0.625. The summed E-state index contributed by atoms with van der Waals surface area (Å²) in [4.78, 5) is 2.47. The third-order valence-corrected chi connectivity index (χ3v) is 5.73. The molecule has 1 saturated carbocycles. The Morgan fingerprint density at radius 1 is 1.14 bits per heavy atom. The molecule has 0 aromatic heterocycles. The summed E-state index contributed by atoms with van der Waals surface area (Å²) in [6.07, 6.45) is 0.531. The third kappa shape index (κ3) is 1.57. The molecule has 0 amide bonds. The molecule has 3 aliphatic heterocycles. The zero-order valence-corrected chi connectivity index (χ0v) is 11.7. The van der Waals surface area contributed by atoms with Crippen LogP contribution in [0.2, 0.25) is 0 Å². The van der Waals surface area contributed by atoms with Crippen LogP contribution in [0.1, 0.15) is 29.9 Å². The maximum Gasteiger partial charge on any atom is 0.231 e. The van der Waals surface area contributed by atoms with Crippen molar-refractivity contribution in [1.29, 1.82) is 0 Å². The van der Waals surface area contributed by atoms with E-state index in [1.165, 1.54) is 5.56 Å². The van der Waals surface area contributed by atoms with Crippen molar-refractivity contribution in [2.45, 2.75) is 43.6 Å². The van der Waals surface area contributed by atoms with Crippen LogP contribution in [0, 0.1) is 5.92 Å². The molecular weight excluding hydrogens is 270 g/mol. The molecule has 0 unspecified atom stereocenters. The summed E-state index contributed by atoms with van der Waals surface area (Å²) in [5.41, 5.74) is 2.34. The molecule has 0 spiro atoms. The minimum absolute atomic E-state index is 0.0144. The van der Waals surface area contributed by atoms with Gasteiger partial charge in [0.05, 0.1) is 12.2 Å². The Bertz CT molecular complexity index is 604. The predicted molar refractivity (Wildman–Crippen MR) is 74.2 cm³/mol. The van der Waals surface area contributed by atoms with E-state index >= 15 is 0 Å². The van der Waals surface area contributed by atoms with Crippen LogP contribution >= 0.6 is 0 Å². The van der Waals surface area contributed by atoms with Gasteiger partial charge in [-0.15, -0.1) is 0 Å². The first-order chi connectivity index (χ1) is 10.2. The van der Waals surface area contributed by atoms with E-state index < -0.39 is 12.2 Å². The summed E-state index contributed by atoms with van der Waals surface area (Å²) in [7, 11) is 0. The lowest BCUT2D eigenvalue weighted by atomic mass is 9.68. The molecule has 1 aromatic rings. The topological polar surface area (TPSA) is 62.2 Å². The molecule has 4 aliphatic rings. The number of aliphatic hydroxyl groups excluding tert-OH is 2. The van der Waals surface area contributed by atoms with E-state index in [4.69, 9.17) is 9.47 Å². The Labute approximate surface area is 123 Å². The minimum atomic E-state index is -0.689. The van der Waals surface area contributed by atoms with Gasteiger partial charge < -0.3 is 19.7 Å². The van der Waals surface area contributed by atoms with Gasteiger partial charge in [-0.1, -0.05) is 0 Å². The van der Waals surface area contributed by atoms with Gasteiger partial charge in [0.1, 0.15) is 0 Å². The van der Waals surface area contributed by atoms with Crippen LogP contribution in [0.15, 0.2) is 12.1 Å². The van der Waals surface area contributed by atoms with Crippen molar-refractivity contribution >= 4 is 0 Å². The summed E-state index contributed by atoms with van der Waals surface area (Å²) in [5, 5.41) is 20.8. The highest BCUT2D eigenvalue weighted by atomic mass is 16.7. The molecular formula is C16H19NO4. The molecule has 2 fully saturated rings. The average molecular weight is 289 g/mol. The van der Waals surface area contributed by atoms with Crippen molar-refractivity contribution in [3.05, 3.63) is 23.3 Å². The van der Waals surface area contributed by atoms with Gasteiger partial charge in [-0.25, -0.2) is 0 Å². The first-order valence-electron chi connectivity index (χ1n) is 7.75. The predicted octanol–water partition coefficient (Wildman–Crippen LogP) is 0.828. The molecule has 21 heavy (non-hydrogen) atoms. The van der Waals surface area contributed by atoms with Crippen LogP contribution in [0.25, 0.3) is 0 Å². The third-order valence-electron chi connectivity index (χ3n) is 5.73. The first kappa shape index (κ1) is 12.3. The Balaban J connectivity index is 1.66. The lowest BCUT2D eigenvalue weighted by Gasteiger charge is -2.47. The van der Waals surface area contributed by atoms with Crippen LogP contribution < -0.4 is 9.47 Å². The van der Waals surface area contributed by atoms with Gasteiger partial charge in [-0.3, -0.25) is 4.90 Å². The molecule has 0 bridgehead atoms. The van der Waals surface area contributed by atoms with Crippen molar-refractivity contribution in [3.8, 4) is 11.5 Å². The van der Waals surface area contributed by atoms with E-state index in [0.29, 0.717) is 12.0 Å². The largest absolute Gasteiger partial charge is 0.454 e. The number of nitrogens with zero attached hydrogens (tertiary/aromatic N) is 1. The second kappa shape index (κ2) is 4.12. The number of aliphatic hydroxyl groups is 2. The molecule has 3 heterocycles. The SMILES string of the molecule is O[C@H]1[C@@H]2c3cc4c(cc3CN3CC[C@@H](C[C@H]1O)[C@@H]23)OCO4. The normalized spacial score (nSPS) is 40.0. The fourth-order valence-corrected chi connectivity index (χ4v) is 4.84. The number of rotatable bonds is 0. The highest BCUT2D eigenvalue weighted by Crippen LogP contribution is 2.51. The number of fused-ring (bicyclic) bond motifs is 3. The van der Waals surface area contributed by atoms with Gasteiger partial charge in [-0.2, -0.15) is 0 Å². The second-order valence-corrected chi connectivity index (χ2v) is 6.73. The van der Waals surface area contributed by atoms with Crippen LogP contribution in [-0.2, 0) is 6.54 Å². The number of benzene rings is 1. The second-order valence-electron chi connectivity index (χ2n) is 6.73. The zero-order valence-electron chi connectivity index (χ0n) is 11.7. The van der Waals surface area contributed by atoms with E-state index in [0.717, 1.165) is 43.0 Å². The van der Waals surface area contributed by atoms with E-state index in [2.05, 4.69) is 11.0 Å². The van der Waals surface area contributed by atoms with Gasteiger partial charge in [0.15, 0.2) is 11.5 Å². The average Bonchev–Trinajstić information content (AvgIpc) is 3.08. The lowest BCUT2D eigenvalue weighted by Crippen LogP contribution is -2.53. The van der Waals surface area contributed by atoms with E-state index in [1.54, 1.807) is 0 Å². The first-order valence-corrected chi connectivity index (χ1v) is 7.75. The highest BCUT2D eigenvalue weighted by molar-refractivity contribution is 5.52. The Morgan fingerprint density at radius 2 is 1.95 bits per heavy atom. The van der Waals surface area contributed by atoms with Crippen molar-refractivity contribution in [2.24, 2.45) is 5.92 Å². The van der Waals surface area contributed by atoms with Gasteiger partial charge in [0.25, 0.3) is 0 Å². The molecule has 5 atom stereocenters. The maximum absolute atomic E-state index is 10.6. The fourth-order valence-electron chi connectivity index (χ4n) is 4.84.